The van der Waals surface area contributed by atoms with Crippen LogP contribution in [0.5, 0.6) is 0 Å². The molecule has 1 unspecified atom stereocenters. The summed E-state index contributed by atoms with van der Waals surface area (Å²) in [7, 11) is 0. The Labute approximate surface area is 165 Å². The number of hydrogen-bond donors (Lipinski definition) is 0. The lowest BCUT2D eigenvalue weighted by Gasteiger charge is -2.41. The molecule has 4 heterocycles. The Hall–Kier alpha value is -3.00. The third-order valence-corrected chi connectivity index (χ3v) is 5.82. The lowest BCUT2D eigenvalue weighted by atomic mass is 10.1. The van der Waals surface area contributed by atoms with E-state index in [0.29, 0.717) is 5.69 Å². The first-order chi connectivity index (χ1) is 13.7. The second kappa shape index (κ2) is 6.87. The van der Waals surface area contributed by atoms with Gasteiger partial charge in [0.25, 0.3) is 0 Å². The van der Waals surface area contributed by atoms with Gasteiger partial charge in [-0.3, -0.25) is 0 Å². The third-order valence-electron chi connectivity index (χ3n) is 5.14. The second-order valence-electron chi connectivity index (χ2n) is 6.94. The maximum absolute atomic E-state index is 14.2. The zero-order valence-electron chi connectivity index (χ0n) is 15.4. The minimum absolute atomic E-state index is 0.167. The molecule has 1 saturated heterocycles. The summed E-state index contributed by atoms with van der Waals surface area (Å²) in [6.45, 7) is 4.39. The molecule has 142 valence electrons. The number of benzene rings is 1. The van der Waals surface area contributed by atoms with Gasteiger partial charge in [0, 0.05) is 36.6 Å². The van der Waals surface area contributed by atoms with Crippen LogP contribution in [0.25, 0.3) is 17.0 Å². The molecule has 5 rings (SSSR count). The first kappa shape index (κ1) is 17.1. The predicted octanol–water partition coefficient (Wildman–Crippen LogP) is 3.71. The van der Waals surface area contributed by atoms with E-state index in [2.05, 4.69) is 26.9 Å². The van der Waals surface area contributed by atoms with Gasteiger partial charge >= 0.3 is 0 Å². The molecule has 28 heavy (non-hydrogen) atoms. The highest BCUT2D eigenvalue weighted by molar-refractivity contribution is 7.08. The van der Waals surface area contributed by atoms with Crippen molar-refractivity contribution in [3.63, 3.8) is 0 Å². The zero-order valence-corrected chi connectivity index (χ0v) is 16.2. The second-order valence-corrected chi connectivity index (χ2v) is 7.72. The van der Waals surface area contributed by atoms with Crippen LogP contribution in [0.3, 0.4) is 0 Å². The minimum Gasteiger partial charge on any atom is -0.363 e. The average molecular weight is 394 g/mol. The van der Waals surface area contributed by atoms with Crippen LogP contribution >= 0.6 is 11.3 Å². The number of thiophene rings is 1. The van der Waals surface area contributed by atoms with Crippen LogP contribution in [0.4, 0.5) is 15.9 Å². The predicted molar refractivity (Wildman–Crippen MR) is 110 cm³/mol. The SMILES string of the molecule is CC1CN(c2ccc3nnc(-c4ccsc4)n3n2)CCN1c1ccccc1F. The molecule has 0 radical (unpaired) electrons. The number of anilines is 2. The van der Waals surface area contributed by atoms with E-state index >= 15 is 0 Å². The molecule has 1 aliphatic rings. The number of hydrogen-bond acceptors (Lipinski definition) is 6. The fourth-order valence-corrected chi connectivity index (χ4v) is 4.36. The van der Waals surface area contributed by atoms with Crippen LogP contribution in [0.1, 0.15) is 6.92 Å². The highest BCUT2D eigenvalue weighted by Crippen LogP contribution is 2.26. The van der Waals surface area contributed by atoms with Crippen molar-refractivity contribution >= 4 is 28.5 Å². The summed E-state index contributed by atoms with van der Waals surface area (Å²) < 4.78 is 16.0. The van der Waals surface area contributed by atoms with E-state index < -0.39 is 0 Å². The smallest absolute Gasteiger partial charge is 0.186 e. The summed E-state index contributed by atoms with van der Waals surface area (Å²) in [6, 6.07) is 13.1. The lowest BCUT2D eigenvalue weighted by molar-refractivity contribution is 0.529. The molecule has 4 aromatic rings. The molecule has 0 amide bonds. The van der Waals surface area contributed by atoms with E-state index in [-0.39, 0.29) is 11.9 Å². The molecule has 1 atom stereocenters. The van der Waals surface area contributed by atoms with Gasteiger partial charge in [-0.15, -0.1) is 15.3 Å². The Balaban J connectivity index is 1.42. The van der Waals surface area contributed by atoms with Gasteiger partial charge in [-0.05, 0) is 42.6 Å². The summed E-state index contributed by atoms with van der Waals surface area (Å²) in [5, 5.41) is 17.4. The summed E-state index contributed by atoms with van der Waals surface area (Å²) in [4.78, 5) is 4.36. The van der Waals surface area contributed by atoms with Crippen LogP contribution in [-0.4, -0.2) is 45.5 Å². The van der Waals surface area contributed by atoms with Crippen molar-refractivity contribution in [3.05, 3.63) is 59.0 Å². The third kappa shape index (κ3) is 2.90. The molecule has 0 N–H and O–H groups in total. The van der Waals surface area contributed by atoms with Gasteiger partial charge < -0.3 is 9.80 Å². The van der Waals surface area contributed by atoms with Crippen molar-refractivity contribution in [2.24, 2.45) is 0 Å². The maximum atomic E-state index is 14.2. The van der Waals surface area contributed by atoms with Crippen LogP contribution in [-0.2, 0) is 0 Å². The molecule has 1 aromatic carbocycles. The van der Waals surface area contributed by atoms with E-state index in [1.165, 1.54) is 6.07 Å². The first-order valence-electron chi connectivity index (χ1n) is 9.22. The summed E-state index contributed by atoms with van der Waals surface area (Å²) in [5.41, 5.74) is 2.40. The van der Waals surface area contributed by atoms with Gasteiger partial charge in [0.05, 0.1) is 5.69 Å². The Bertz CT molecular complexity index is 1110. The van der Waals surface area contributed by atoms with Crippen molar-refractivity contribution in [1.82, 2.24) is 19.8 Å². The zero-order chi connectivity index (χ0) is 19.1. The monoisotopic (exact) mass is 394 g/mol. The molecule has 6 nitrogen and oxygen atoms in total. The molecule has 0 saturated carbocycles. The molecule has 1 aliphatic heterocycles. The minimum atomic E-state index is -0.174. The normalized spacial score (nSPS) is 17.4. The van der Waals surface area contributed by atoms with Gasteiger partial charge in [-0.25, -0.2) is 4.39 Å². The van der Waals surface area contributed by atoms with E-state index in [4.69, 9.17) is 5.10 Å². The Morgan fingerprint density at radius 1 is 1.07 bits per heavy atom. The highest BCUT2D eigenvalue weighted by atomic mass is 32.1. The number of para-hydroxylation sites is 1. The first-order valence-corrected chi connectivity index (χ1v) is 10.2. The number of aromatic nitrogens is 4. The van der Waals surface area contributed by atoms with Crippen molar-refractivity contribution in [1.29, 1.82) is 0 Å². The van der Waals surface area contributed by atoms with Gasteiger partial charge in [0.1, 0.15) is 11.6 Å². The maximum Gasteiger partial charge on any atom is 0.186 e. The van der Waals surface area contributed by atoms with E-state index in [0.717, 1.165) is 42.5 Å². The Morgan fingerprint density at radius 3 is 2.75 bits per heavy atom. The number of fused-ring (bicyclic) bond motifs is 1. The summed E-state index contributed by atoms with van der Waals surface area (Å²) in [5.74, 6) is 1.45. The molecule has 1 fully saturated rings. The van der Waals surface area contributed by atoms with Crippen molar-refractivity contribution in [3.8, 4) is 11.4 Å². The number of halogens is 1. The van der Waals surface area contributed by atoms with E-state index in [1.54, 1.807) is 21.9 Å². The molecule has 0 spiro atoms. The highest BCUT2D eigenvalue weighted by Gasteiger charge is 2.26. The lowest BCUT2D eigenvalue weighted by Crippen LogP contribution is -2.52. The van der Waals surface area contributed by atoms with E-state index in [1.807, 2.05) is 41.1 Å². The number of piperazine rings is 1. The van der Waals surface area contributed by atoms with Crippen molar-refractivity contribution in [2.45, 2.75) is 13.0 Å². The van der Waals surface area contributed by atoms with Gasteiger partial charge in [-0.1, -0.05) is 12.1 Å². The number of rotatable bonds is 3. The molecule has 0 bridgehead atoms. The largest absolute Gasteiger partial charge is 0.363 e. The summed E-state index contributed by atoms with van der Waals surface area (Å²) in [6.07, 6.45) is 0. The van der Waals surface area contributed by atoms with Crippen LogP contribution in [0.2, 0.25) is 0 Å². The van der Waals surface area contributed by atoms with Crippen LogP contribution in [0.15, 0.2) is 53.2 Å². The fraction of sp³-hybridized carbons (Fsp3) is 0.250. The average Bonchev–Trinajstić information content (AvgIpc) is 3.37. The number of nitrogens with zero attached hydrogens (tertiary/aromatic N) is 6. The fourth-order valence-electron chi connectivity index (χ4n) is 3.73. The molecular weight excluding hydrogens is 375 g/mol. The standard InChI is InChI=1S/C20H19FN6S/c1-14-12-25(9-10-26(14)17-5-3-2-4-16(17)21)19-7-6-18-22-23-20(27(18)24-19)15-8-11-28-13-15/h2-8,11,13-14H,9-10,12H2,1H3. The Morgan fingerprint density at radius 2 is 1.96 bits per heavy atom. The van der Waals surface area contributed by atoms with Crippen molar-refractivity contribution in [2.75, 3.05) is 29.4 Å². The van der Waals surface area contributed by atoms with Crippen LogP contribution in [0, 0.1) is 5.82 Å². The van der Waals surface area contributed by atoms with Gasteiger partial charge in [0.2, 0.25) is 0 Å². The molecule has 8 heteroatoms. The van der Waals surface area contributed by atoms with E-state index in [9.17, 15) is 4.39 Å². The quantitative estimate of drug-likeness (QED) is 0.530. The van der Waals surface area contributed by atoms with Gasteiger partial charge in [0.15, 0.2) is 11.5 Å². The molecule has 0 aliphatic carbocycles. The Kier molecular flexibility index (Phi) is 4.20. The van der Waals surface area contributed by atoms with Crippen LogP contribution < -0.4 is 9.80 Å². The molecule has 3 aromatic heterocycles. The van der Waals surface area contributed by atoms with Crippen molar-refractivity contribution < 1.29 is 4.39 Å². The molecular formula is C20H19FN6S. The topological polar surface area (TPSA) is 49.6 Å². The summed E-state index contributed by atoms with van der Waals surface area (Å²) >= 11 is 1.62. The van der Waals surface area contributed by atoms with Gasteiger partial charge in [-0.2, -0.15) is 15.9 Å².